The molecule has 0 aromatic carbocycles. The summed E-state index contributed by atoms with van der Waals surface area (Å²) in [6.45, 7) is 7.94. The molecule has 5 heteroatoms. The van der Waals surface area contributed by atoms with E-state index < -0.39 is 5.60 Å². The first-order valence-corrected chi connectivity index (χ1v) is 6.24. The summed E-state index contributed by atoms with van der Waals surface area (Å²) in [5.74, 6) is 0. The van der Waals surface area contributed by atoms with Crippen molar-refractivity contribution in [2.75, 3.05) is 26.2 Å². The molecule has 17 heavy (non-hydrogen) atoms. The highest BCUT2D eigenvalue weighted by Crippen LogP contribution is 2.12. The minimum absolute atomic E-state index is 0.139. The van der Waals surface area contributed by atoms with E-state index in [0.29, 0.717) is 19.5 Å². The van der Waals surface area contributed by atoms with Crippen LogP contribution in [-0.4, -0.2) is 54.0 Å². The molecule has 2 N–H and O–H groups in total. The summed E-state index contributed by atoms with van der Waals surface area (Å²) < 4.78 is 5.36. The molecule has 1 fully saturated rings. The van der Waals surface area contributed by atoms with Gasteiger partial charge in [0, 0.05) is 25.7 Å². The normalized spacial score (nSPS) is 22.1. The van der Waals surface area contributed by atoms with Crippen molar-refractivity contribution in [2.24, 2.45) is 0 Å². The van der Waals surface area contributed by atoms with Gasteiger partial charge in [0.15, 0.2) is 0 Å². The first kappa shape index (κ1) is 14.3. The van der Waals surface area contributed by atoms with Gasteiger partial charge in [0.1, 0.15) is 5.60 Å². The van der Waals surface area contributed by atoms with Crippen LogP contribution in [0.4, 0.5) is 4.79 Å². The summed E-state index contributed by atoms with van der Waals surface area (Å²) in [6.07, 6.45) is 1.32. The Kier molecular flexibility index (Phi) is 5.21. The standard InChI is InChI=1S/C12H24N2O3/c1-12(2,3)17-11(16)14-7-4-6-13-10(9-14)5-8-15/h10,13,15H,4-9H2,1-3H3/t10-/m1/s1. The van der Waals surface area contributed by atoms with Gasteiger partial charge in [0.25, 0.3) is 0 Å². The fraction of sp³-hybridized carbons (Fsp3) is 0.917. The van der Waals surface area contributed by atoms with Crippen molar-refractivity contribution >= 4 is 6.09 Å². The number of hydrogen-bond donors (Lipinski definition) is 2. The van der Waals surface area contributed by atoms with Gasteiger partial charge in [0.05, 0.1) is 0 Å². The molecule has 0 aromatic rings. The first-order valence-electron chi connectivity index (χ1n) is 6.24. The Morgan fingerprint density at radius 2 is 2.24 bits per heavy atom. The van der Waals surface area contributed by atoms with E-state index in [1.807, 2.05) is 20.8 Å². The van der Waals surface area contributed by atoms with Crippen molar-refractivity contribution in [3.05, 3.63) is 0 Å². The molecule has 0 aliphatic carbocycles. The quantitative estimate of drug-likeness (QED) is 0.760. The lowest BCUT2D eigenvalue weighted by Crippen LogP contribution is -2.43. The molecule has 0 bridgehead atoms. The van der Waals surface area contributed by atoms with Gasteiger partial charge in [-0.25, -0.2) is 4.79 Å². The van der Waals surface area contributed by atoms with E-state index in [2.05, 4.69) is 5.32 Å². The van der Waals surface area contributed by atoms with Crippen LogP contribution in [0.2, 0.25) is 0 Å². The average molecular weight is 244 g/mol. The minimum Gasteiger partial charge on any atom is -0.444 e. The van der Waals surface area contributed by atoms with Crippen LogP contribution in [0.15, 0.2) is 0 Å². The second kappa shape index (κ2) is 6.21. The van der Waals surface area contributed by atoms with E-state index in [-0.39, 0.29) is 18.7 Å². The van der Waals surface area contributed by atoms with E-state index in [9.17, 15) is 4.79 Å². The Bertz CT molecular complexity index is 251. The topological polar surface area (TPSA) is 61.8 Å². The van der Waals surface area contributed by atoms with Crippen molar-refractivity contribution in [1.29, 1.82) is 0 Å². The van der Waals surface area contributed by atoms with Crippen molar-refractivity contribution in [3.63, 3.8) is 0 Å². The summed E-state index contributed by atoms with van der Waals surface area (Å²) in [5, 5.41) is 12.3. The highest BCUT2D eigenvalue weighted by atomic mass is 16.6. The van der Waals surface area contributed by atoms with Crippen molar-refractivity contribution < 1.29 is 14.6 Å². The van der Waals surface area contributed by atoms with Gasteiger partial charge in [-0.15, -0.1) is 0 Å². The monoisotopic (exact) mass is 244 g/mol. The molecule has 0 spiro atoms. The van der Waals surface area contributed by atoms with Crippen LogP contribution in [0.3, 0.4) is 0 Å². The zero-order valence-electron chi connectivity index (χ0n) is 11.0. The molecule has 1 saturated heterocycles. The molecule has 1 aliphatic heterocycles. The number of rotatable bonds is 2. The maximum Gasteiger partial charge on any atom is 0.410 e. The van der Waals surface area contributed by atoms with Gasteiger partial charge < -0.3 is 20.1 Å². The van der Waals surface area contributed by atoms with E-state index in [0.717, 1.165) is 13.0 Å². The third kappa shape index (κ3) is 5.37. The Labute approximate surface area is 103 Å². The first-order chi connectivity index (χ1) is 7.92. The molecule has 0 aromatic heterocycles. The molecule has 0 radical (unpaired) electrons. The maximum atomic E-state index is 11.9. The number of aliphatic hydroxyl groups excluding tert-OH is 1. The summed E-state index contributed by atoms with van der Waals surface area (Å²) in [6, 6.07) is 0.162. The molecule has 5 nitrogen and oxygen atoms in total. The SMILES string of the molecule is CC(C)(C)OC(=O)N1CCCN[C@H](CCO)C1. The highest BCUT2D eigenvalue weighted by molar-refractivity contribution is 5.68. The van der Waals surface area contributed by atoms with Gasteiger partial charge in [-0.05, 0) is 40.2 Å². The number of amides is 1. The number of carbonyl (C=O) groups excluding carboxylic acids is 1. The zero-order chi connectivity index (χ0) is 12.9. The second-order valence-electron chi connectivity index (χ2n) is 5.44. The van der Waals surface area contributed by atoms with Crippen LogP contribution >= 0.6 is 0 Å². The number of ether oxygens (including phenoxy) is 1. The summed E-state index contributed by atoms with van der Waals surface area (Å²) in [4.78, 5) is 13.7. The van der Waals surface area contributed by atoms with Crippen LogP contribution < -0.4 is 5.32 Å². The minimum atomic E-state index is -0.455. The molecule has 0 unspecified atom stereocenters. The van der Waals surface area contributed by atoms with Crippen LogP contribution in [0.5, 0.6) is 0 Å². The summed E-state index contributed by atoms with van der Waals surface area (Å²) in [5.41, 5.74) is -0.455. The van der Waals surface area contributed by atoms with Crippen molar-refractivity contribution in [3.8, 4) is 0 Å². The smallest absolute Gasteiger partial charge is 0.410 e. The maximum absolute atomic E-state index is 11.9. The fourth-order valence-corrected chi connectivity index (χ4v) is 1.84. The lowest BCUT2D eigenvalue weighted by atomic mass is 10.2. The third-order valence-corrected chi connectivity index (χ3v) is 2.61. The number of aliphatic hydroxyl groups is 1. The Morgan fingerprint density at radius 1 is 1.53 bits per heavy atom. The van der Waals surface area contributed by atoms with Crippen LogP contribution in [-0.2, 0) is 4.74 Å². The summed E-state index contributed by atoms with van der Waals surface area (Å²) in [7, 11) is 0. The highest BCUT2D eigenvalue weighted by Gasteiger charge is 2.25. The molecular weight excluding hydrogens is 220 g/mol. The molecule has 100 valence electrons. The van der Waals surface area contributed by atoms with Crippen LogP contribution in [0.1, 0.15) is 33.6 Å². The predicted octanol–water partition coefficient (Wildman–Crippen LogP) is 0.968. The average Bonchev–Trinajstić information content (AvgIpc) is 2.41. The third-order valence-electron chi connectivity index (χ3n) is 2.61. The van der Waals surface area contributed by atoms with Crippen molar-refractivity contribution in [1.82, 2.24) is 10.2 Å². The van der Waals surface area contributed by atoms with E-state index >= 15 is 0 Å². The molecule has 1 amide bonds. The number of nitrogens with one attached hydrogen (secondary N) is 1. The number of nitrogens with zero attached hydrogens (tertiary/aromatic N) is 1. The number of hydrogen-bond acceptors (Lipinski definition) is 4. The van der Waals surface area contributed by atoms with E-state index in [4.69, 9.17) is 9.84 Å². The van der Waals surface area contributed by atoms with E-state index in [1.165, 1.54) is 0 Å². The molecule has 1 rings (SSSR count). The van der Waals surface area contributed by atoms with Gasteiger partial charge in [-0.1, -0.05) is 0 Å². The Balaban J connectivity index is 2.53. The van der Waals surface area contributed by atoms with Crippen LogP contribution in [0.25, 0.3) is 0 Å². The van der Waals surface area contributed by atoms with Gasteiger partial charge in [-0.3, -0.25) is 0 Å². The van der Waals surface area contributed by atoms with Gasteiger partial charge >= 0.3 is 6.09 Å². The van der Waals surface area contributed by atoms with Crippen LogP contribution in [0, 0.1) is 0 Å². The van der Waals surface area contributed by atoms with E-state index in [1.54, 1.807) is 4.90 Å². The second-order valence-corrected chi connectivity index (χ2v) is 5.44. The van der Waals surface area contributed by atoms with Gasteiger partial charge in [0.2, 0.25) is 0 Å². The molecule has 1 atom stereocenters. The predicted molar refractivity (Wildman–Crippen MR) is 65.9 cm³/mol. The summed E-state index contributed by atoms with van der Waals surface area (Å²) >= 11 is 0. The fourth-order valence-electron chi connectivity index (χ4n) is 1.84. The van der Waals surface area contributed by atoms with Gasteiger partial charge in [-0.2, -0.15) is 0 Å². The largest absolute Gasteiger partial charge is 0.444 e. The Hall–Kier alpha value is -0.810. The molecule has 1 heterocycles. The lowest BCUT2D eigenvalue weighted by Gasteiger charge is -2.28. The van der Waals surface area contributed by atoms with Crippen molar-refractivity contribution in [2.45, 2.75) is 45.3 Å². The zero-order valence-corrected chi connectivity index (χ0v) is 11.0. The number of carbonyl (C=O) groups is 1. The molecule has 1 aliphatic rings. The lowest BCUT2D eigenvalue weighted by molar-refractivity contribution is 0.0243. The Morgan fingerprint density at radius 3 is 2.82 bits per heavy atom. The molecule has 0 saturated carbocycles. The molecular formula is C12H24N2O3.